The molecule has 2 heterocycles. The Morgan fingerprint density at radius 1 is 1.50 bits per heavy atom. The maximum Gasteiger partial charge on any atom is 0.320 e. The van der Waals surface area contributed by atoms with Crippen LogP contribution in [0, 0.1) is 6.92 Å². The summed E-state index contributed by atoms with van der Waals surface area (Å²) in [6, 6.07) is -1.16. The number of rotatable bonds is 6. The summed E-state index contributed by atoms with van der Waals surface area (Å²) in [5.74, 6) is 0.772. The molecule has 2 aromatic heterocycles. The summed E-state index contributed by atoms with van der Waals surface area (Å²) in [7, 11) is 0. The van der Waals surface area contributed by atoms with Crippen LogP contribution < -0.4 is 10.6 Å². The zero-order valence-electron chi connectivity index (χ0n) is 11.9. The highest BCUT2D eigenvalue weighted by Crippen LogP contribution is 2.15. The van der Waals surface area contributed by atoms with Crippen molar-refractivity contribution in [2.45, 2.75) is 26.4 Å². The zero-order chi connectivity index (χ0) is 16.1. The van der Waals surface area contributed by atoms with Crippen molar-refractivity contribution in [2.24, 2.45) is 0 Å². The average molecular weight is 306 g/mol. The molecule has 0 bridgehead atoms. The van der Waals surface area contributed by atoms with Crippen LogP contribution in [-0.2, 0) is 11.3 Å². The summed E-state index contributed by atoms with van der Waals surface area (Å²) in [6.07, 6.45) is 2.49. The molecule has 2 amide bonds. The Kier molecular flexibility index (Phi) is 4.61. The van der Waals surface area contributed by atoms with Crippen LogP contribution in [0.1, 0.15) is 35.2 Å². The number of amides is 2. The second-order valence-electron chi connectivity index (χ2n) is 4.42. The monoisotopic (exact) mass is 306 g/mol. The van der Waals surface area contributed by atoms with Gasteiger partial charge in [0.15, 0.2) is 17.9 Å². The molecular weight excluding hydrogens is 292 g/mol. The van der Waals surface area contributed by atoms with Gasteiger partial charge in [-0.25, -0.2) is 9.78 Å². The number of hydrogen-bond donors (Lipinski definition) is 2. The van der Waals surface area contributed by atoms with Gasteiger partial charge >= 0.3 is 6.03 Å². The number of aromatic nitrogens is 4. The lowest BCUT2D eigenvalue weighted by Crippen LogP contribution is -2.29. The van der Waals surface area contributed by atoms with Gasteiger partial charge in [-0.2, -0.15) is 4.98 Å². The van der Waals surface area contributed by atoms with Gasteiger partial charge in [-0.1, -0.05) is 5.16 Å². The van der Waals surface area contributed by atoms with Gasteiger partial charge in [-0.15, -0.1) is 0 Å². The summed E-state index contributed by atoms with van der Waals surface area (Å²) in [5.41, 5.74) is 0.100. The Morgan fingerprint density at radius 3 is 2.86 bits per heavy atom. The second-order valence-corrected chi connectivity index (χ2v) is 4.42. The maximum atomic E-state index is 11.8. The van der Waals surface area contributed by atoms with Gasteiger partial charge in [0.25, 0.3) is 0 Å². The highest BCUT2D eigenvalue weighted by molar-refractivity contribution is 5.93. The largest absolute Gasteiger partial charge is 0.337 e. The minimum Gasteiger partial charge on any atom is -0.337 e. The van der Waals surface area contributed by atoms with Crippen LogP contribution in [-0.4, -0.2) is 38.3 Å². The SMILES string of the molecule is Cc1noc(CNC(=O)Nc2ncn(C(C)C=O)c2C=O)n1. The molecular formula is C12H14N6O4. The molecule has 2 N–H and O–H groups in total. The fraction of sp³-hybridized carbons (Fsp3) is 0.333. The number of aldehydes is 2. The van der Waals surface area contributed by atoms with E-state index in [1.54, 1.807) is 13.8 Å². The standard InChI is InChI=1S/C12H14N6O4/c1-7(4-19)18-6-14-11(9(18)5-20)16-12(21)13-3-10-15-8(2)17-22-10/h4-7H,3H2,1-2H3,(H2,13,16,21). The average Bonchev–Trinajstić information content (AvgIpc) is 3.10. The fourth-order valence-corrected chi connectivity index (χ4v) is 1.69. The minimum atomic E-state index is -0.594. The van der Waals surface area contributed by atoms with Gasteiger partial charge in [0.1, 0.15) is 12.0 Å². The van der Waals surface area contributed by atoms with Crippen molar-refractivity contribution in [1.29, 1.82) is 0 Å². The van der Waals surface area contributed by atoms with E-state index in [0.29, 0.717) is 18.4 Å². The first-order valence-electron chi connectivity index (χ1n) is 6.36. The van der Waals surface area contributed by atoms with E-state index in [1.807, 2.05) is 0 Å². The number of aryl methyl sites for hydroxylation is 1. The van der Waals surface area contributed by atoms with Gasteiger partial charge < -0.3 is 19.2 Å². The molecule has 1 unspecified atom stereocenters. The van der Waals surface area contributed by atoms with Crippen molar-refractivity contribution in [3.63, 3.8) is 0 Å². The quantitative estimate of drug-likeness (QED) is 0.741. The Balaban J connectivity index is 2.00. The molecule has 10 heteroatoms. The number of carbonyl (C=O) groups is 3. The van der Waals surface area contributed by atoms with Crippen LogP contribution >= 0.6 is 0 Å². The molecule has 0 aliphatic rings. The first-order valence-corrected chi connectivity index (χ1v) is 6.36. The lowest BCUT2D eigenvalue weighted by Gasteiger charge is -2.08. The van der Waals surface area contributed by atoms with Crippen molar-refractivity contribution in [3.05, 3.63) is 23.7 Å². The second kappa shape index (κ2) is 6.61. The van der Waals surface area contributed by atoms with E-state index < -0.39 is 12.1 Å². The summed E-state index contributed by atoms with van der Waals surface area (Å²) in [4.78, 5) is 41.5. The molecule has 10 nitrogen and oxygen atoms in total. The van der Waals surface area contributed by atoms with Crippen LogP contribution in [0.2, 0.25) is 0 Å². The molecule has 0 aliphatic heterocycles. The van der Waals surface area contributed by atoms with E-state index in [1.165, 1.54) is 10.9 Å². The predicted octanol–water partition coefficient (Wildman–Crippen LogP) is 0.469. The van der Waals surface area contributed by atoms with E-state index in [4.69, 9.17) is 4.52 Å². The Labute approximate surface area is 124 Å². The third kappa shape index (κ3) is 3.34. The minimum absolute atomic E-state index is 0.0363. The molecule has 0 aromatic carbocycles. The van der Waals surface area contributed by atoms with E-state index in [2.05, 4.69) is 25.8 Å². The van der Waals surface area contributed by atoms with E-state index in [9.17, 15) is 14.4 Å². The lowest BCUT2D eigenvalue weighted by molar-refractivity contribution is -0.110. The van der Waals surface area contributed by atoms with Crippen LogP contribution in [0.5, 0.6) is 0 Å². The zero-order valence-corrected chi connectivity index (χ0v) is 11.9. The molecule has 0 aliphatic carbocycles. The van der Waals surface area contributed by atoms with Gasteiger partial charge in [-0.05, 0) is 13.8 Å². The van der Waals surface area contributed by atoms with Gasteiger partial charge in [0, 0.05) is 0 Å². The molecule has 0 saturated carbocycles. The number of nitrogens with zero attached hydrogens (tertiary/aromatic N) is 4. The number of urea groups is 1. The number of carbonyl (C=O) groups excluding carboxylic acids is 3. The molecule has 2 rings (SSSR count). The third-order valence-corrected chi connectivity index (χ3v) is 2.78. The third-order valence-electron chi connectivity index (χ3n) is 2.78. The lowest BCUT2D eigenvalue weighted by atomic mass is 10.3. The van der Waals surface area contributed by atoms with Crippen LogP contribution in [0.15, 0.2) is 10.9 Å². The number of nitrogens with one attached hydrogen (secondary N) is 2. The molecule has 116 valence electrons. The summed E-state index contributed by atoms with van der Waals surface area (Å²) in [5, 5.41) is 8.49. The van der Waals surface area contributed by atoms with Crippen molar-refractivity contribution in [2.75, 3.05) is 5.32 Å². The first-order chi connectivity index (χ1) is 10.5. The van der Waals surface area contributed by atoms with E-state index in [-0.39, 0.29) is 23.9 Å². The topological polar surface area (TPSA) is 132 Å². The van der Waals surface area contributed by atoms with Crippen molar-refractivity contribution in [1.82, 2.24) is 25.0 Å². The molecule has 1 atom stereocenters. The first kappa shape index (κ1) is 15.4. The Bertz CT molecular complexity index is 692. The van der Waals surface area contributed by atoms with Gasteiger partial charge in [-0.3, -0.25) is 10.1 Å². The molecule has 0 fully saturated rings. The Hall–Kier alpha value is -3.04. The van der Waals surface area contributed by atoms with Crippen LogP contribution in [0.3, 0.4) is 0 Å². The van der Waals surface area contributed by atoms with E-state index in [0.717, 1.165) is 0 Å². The maximum absolute atomic E-state index is 11.8. The van der Waals surface area contributed by atoms with Gasteiger partial charge in [0.2, 0.25) is 5.89 Å². The molecule has 2 aromatic rings. The van der Waals surface area contributed by atoms with Crippen LogP contribution in [0.4, 0.5) is 10.6 Å². The van der Waals surface area contributed by atoms with Crippen molar-refractivity contribution >= 4 is 24.4 Å². The highest BCUT2D eigenvalue weighted by Gasteiger charge is 2.16. The summed E-state index contributed by atoms with van der Waals surface area (Å²) >= 11 is 0. The highest BCUT2D eigenvalue weighted by atomic mass is 16.5. The number of imidazole rings is 1. The number of anilines is 1. The molecule has 22 heavy (non-hydrogen) atoms. The van der Waals surface area contributed by atoms with Gasteiger partial charge in [0.05, 0.1) is 18.9 Å². The molecule has 0 radical (unpaired) electrons. The van der Waals surface area contributed by atoms with Crippen molar-refractivity contribution < 1.29 is 18.9 Å². The molecule has 0 saturated heterocycles. The molecule has 0 spiro atoms. The fourth-order valence-electron chi connectivity index (χ4n) is 1.69. The predicted molar refractivity (Wildman–Crippen MR) is 73.3 cm³/mol. The van der Waals surface area contributed by atoms with E-state index >= 15 is 0 Å². The smallest absolute Gasteiger partial charge is 0.320 e. The van der Waals surface area contributed by atoms with Crippen LogP contribution in [0.25, 0.3) is 0 Å². The summed E-state index contributed by atoms with van der Waals surface area (Å²) in [6.45, 7) is 3.29. The normalized spacial score (nSPS) is 11.7. The number of hydrogen-bond acceptors (Lipinski definition) is 7. The summed E-state index contributed by atoms with van der Waals surface area (Å²) < 4.78 is 6.20. The Morgan fingerprint density at radius 2 is 2.27 bits per heavy atom. The van der Waals surface area contributed by atoms with Crippen molar-refractivity contribution in [3.8, 4) is 0 Å².